The van der Waals surface area contributed by atoms with Crippen molar-refractivity contribution in [1.82, 2.24) is 4.90 Å². The van der Waals surface area contributed by atoms with Crippen LogP contribution in [0.15, 0.2) is 78.9 Å². The van der Waals surface area contributed by atoms with Crippen molar-refractivity contribution >= 4 is 35.5 Å². The number of aliphatic carboxylic acids is 2. The van der Waals surface area contributed by atoms with Crippen LogP contribution >= 0.6 is 23.5 Å². The number of hydrogen-bond donors (Lipinski definition) is 2. The van der Waals surface area contributed by atoms with Gasteiger partial charge in [-0.3, -0.25) is 0 Å². The molecule has 1 aliphatic carbocycles. The molecule has 1 atom stereocenters. The molecule has 5 nitrogen and oxygen atoms in total. The van der Waals surface area contributed by atoms with E-state index in [1.165, 1.54) is 72.5 Å². The smallest absolute Gasteiger partial charge is 0.414 e. The minimum Gasteiger partial charge on any atom is -0.473 e. The molecule has 0 aromatic heterocycles. The van der Waals surface area contributed by atoms with Crippen molar-refractivity contribution in [3.05, 3.63) is 95.6 Å². The van der Waals surface area contributed by atoms with Crippen LogP contribution in [0.5, 0.6) is 0 Å². The number of rotatable bonds is 4. The number of nitrogens with zero attached hydrogens (tertiary/aromatic N) is 1. The fraction of sp³-hybridized carbons (Fsp3) is 0.333. The van der Waals surface area contributed by atoms with Gasteiger partial charge in [0.25, 0.3) is 0 Å². The molecule has 0 radical (unpaired) electrons. The van der Waals surface area contributed by atoms with Crippen LogP contribution in [0.3, 0.4) is 0 Å². The quantitative estimate of drug-likeness (QED) is 0.409. The van der Waals surface area contributed by atoms with Crippen molar-refractivity contribution < 1.29 is 19.8 Å². The van der Waals surface area contributed by atoms with Crippen molar-refractivity contribution in [2.75, 3.05) is 25.4 Å². The zero-order valence-electron chi connectivity index (χ0n) is 20.6. The molecule has 2 heterocycles. The third-order valence-electron chi connectivity index (χ3n) is 7.38. The molecule has 192 valence electrons. The molecule has 7 heteroatoms. The van der Waals surface area contributed by atoms with E-state index in [1.54, 1.807) is 0 Å². The van der Waals surface area contributed by atoms with E-state index in [2.05, 4.69) is 107 Å². The van der Waals surface area contributed by atoms with Gasteiger partial charge in [-0.15, -0.1) is 23.5 Å². The lowest BCUT2D eigenvalue weighted by atomic mass is 9.90. The van der Waals surface area contributed by atoms with E-state index in [0.717, 1.165) is 5.92 Å². The van der Waals surface area contributed by atoms with Crippen LogP contribution in [0.4, 0.5) is 0 Å². The van der Waals surface area contributed by atoms with E-state index >= 15 is 0 Å². The molecule has 0 amide bonds. The standard InChI is InChI=1S/C28H29NS2.C2H2O4/c1-2-8-21(9-3-1)18-22-14-16-29(17-15-22)19-23-20-30-28(31-23)26-12-6-4-10-24(26)25-11-5-7-13-27(25)28;3-1(4)2(5)6/h1-13,22-23H,14-20H2;(H,3,4)(H,5,6). The van der Waals surface area contributed by atoms with Crippen molar-refractivity contribution in [3.8, 4) is 11.1 Å². The van der Waals surface area contributed by atoms with Gasteiger partial charge < -0.3 is 15.1 Å². The molecule has 1 spiro atoms. The Balaban J connectivity index is 0.000000421. The first kappa shape index (κ1) is 25.9. The number of carboxylic acid groups (broad SMARTS) is 2. The van der Waals surface area contributed by atoms with Crippen molar-refractivity contribution in [1.29, 1.82) is 0 Å². The zero-order chi connectivity index (χ0) is 25.8. The number of hydrogen-bond acceptors (Lipinski definition) is 5. The first-order valence-electron chi connectivity index (χ1n) is 12.7. The molecule has 1 unspecified atom stereocenters. The van der Waals surface area contributed by atoms with Crippen LogP contribution in [-0.4, -0.2) is 57.7 Å². The summed E-state index contributed by atoms with van der Waals surface area (Å²) in [6.45, 7) is 3.76. The number of thioether (sulfide) groups is 2. The molecule has 0 bridgehead atoms. The maximum Gasteiger partial charge on any atom is 0.414 e. The molecule has 2 N–H and O–H groups in total. The Hall–Kier alpha value is -2.74. The Bertz CT molecular complexity index is 1200. The third kappa shape index (κ3) is 5.59. The van der Waals surface area contributed by atoms with E-state index in [4.69, 9.17) is 19.8 Å². The van der Waals surface area contributed by atoms with E-state index in [9.17, 15) is 0 Å². The second-order valence-corrected chi connectivity index (χ2v) is 12.8. The second-order valence-electron chi connectivity index (χ2n) is 9.80. The van der Waals surface area contributed by atoms with Gasteiger partial charge in [0.05, 0.1) is 0 Å². The molecule has 0 saturated carbocycles. The molecular formula is C30H31NO4S2. The van der Waals surface area contributed by atoms with Crippen LogP contribution in [0.1, 0.15) is 29.5 Å². The summed E-state index contributed by atoms with van der Waals surface area (Å²) < 4.78 is 0.101. The maximum atomic E-state index is 9.10. The summed E-state index contributed by atoms with van der Waals surface area (Å²) in [5.74, 6) is -1.55. The Morgan fingerprint density at radius 2 is 1.35 bits per heavy atom. The molecule has 2 aliphatic heterocycles. The molecular weight excluding hydrogens is 502 g/mol. The topological polar surface area (TPSA) is 77.8 Å². The predicted molar refractivity (Wildman–Crippen MR) is 151 cm³/mol. The Labute approximate surface area is 226 Å². The first-order chi connectivity index (χ1) is 18.0. The monoisotopic (exact) mass is 533 g/mol. The SMILES string of the molecule is O=C(O)C(=O)O.c1ccc(CC2CCN(CC3CSC4(S3)c3ccccc3-c3ccccc34)CC2)cc1. The first-order valence-corrected chi connectivity index (χ1v) is 14.6. The average molecular weight is 534 g/mol. The van der Waals surface area contributed by atoms with Gasteiger partial charge in [-0.25, -0.2) is 9.59 Å². The second kappa shape index (κ2) is 11.3. The number of carboxylic acids is 2. The van der Waals surface area contributed by atoms with Gasteiger partial charge in [-0.05, 0) is 66.1 Å². The minimum absolute atomic E-state index is 0.101. The van der Waals surface area contributed by atoms with Gasteiger partial charge in [0.2, 0.25) is 0 Å². The number of piperidine rings is 1. The Morgan fingerprint density at radius 1 is 0.811 bits per heavy atom. The highest BCUT2D eigenvalue weighted by atomic mass is 32.2. The van der Waals surface area contributed by atoms with Crippen molar-refractivity contribution in [3.63, 3.8) is 0 Å². The predicted octanol–water partition coefficient (Wildman–Crippen LogP) is 5.83. The zero-order valence-corrected chi connectivity index (χ0v) is 22.2. The van der Waals surface area contributed by atoms with Gasteiger partial charge >= 0.3 is 11.9 Å². The normalized spacial score (nSPS) is 20.1. The summed E-state index contributed by atoms with van der Waals surface area (Å²) in [6, 6.07) is 29.2. The maximum absolute atomic E-state index is 9.10. The lowest BCUT2D eigenvalue weighted by Gasteiger charge is -2.34. The molecule has 3 aromatic rings. The van der Waals surface area contributed by atoms with Crippen LogP contribution in [0.25, 0.3) is 11.1 Å². The van der Waals surface area contributed by atoms with Gasteiger partial charge in [0.1, 0.15) is 4.08 Å². The molecule has 37 heavy (non-hydrogen) atoms. The molecule has 6 rings (SSSR count). The third-order valence-corrected chi connectivity index (χ3v) is 11.1. The molecule has 2 saturated heterocycles. The molecule has 2 fully saturated rings. The molecule has 3 aromatic carbocycles. The van der Waals surface area contributed by atoms with Crippen LogP contribution in [-0.2, 0) is 20.1 Å². The number of fused-ring (bicyclic) bond motifs is 5. The fourth-order valence-electron chi connectivity index (χ4n) is 5.65. The van der Waals surface area contributed by atoms with Gasteiger partial charge in [0, 0.05) is 17.5 Å². The van der Waals surface area contributed by atoms with E-state index < -0.39 is 11.9 Å². The molecule has 3 aliphatic rings. The lowest BCUT2D eigenvalue weighted by Crippen LogP contribution is -2.38. The summed E-state index contributed by atoms with van der Waals surface area (Å²) in [5.41, 5.74) is 7.44. The van der Waals surface area contributed by atoms with Crippen molar-refractivity contribution in [2.45, 2.75) is 28.6 Å². The lowest BCUT2D eigenvalue weighted by molar-refractivity contribution is -0.159. The highest BCUT2D eigenvalue weighted by Crippen LogP contribution is 2.65. The van der Waals surface area contributed by atoms with Crippen molar-refractivity contribution in [2.24, 2.45) is 5.92 Å². The highest BCUT2D eigenvalue weighted by Gasteiger charge is 2.49. The van der Waals surface area contributed by atoms with Gasteiger partial charge in [-0.2, -0.15) is 0 Å². The van der Waals surface area contributed by atoms with Gasteiger partial charge in [-0.1, -0.05) is 78.9 Å². The minimum atomic E-state index is -1.82. The van der Waals surface area contributed by atoms with E-state index in [-0.39, 0.29) is 4.08 Å². The number of likely N-dealkylation sites (tertiary alicyclic amines) is 1. The number of carbonyl (C=O) groups is 2. The highest BCUT2D eigenvalue weighted by molar-refractivity contribution is 8.21. The summed E-state index contributed by atoms with van der Waals surface area (Å²) in [5, 5.41) is 15.5. The van der Waals surface area contributed by atoms with Crippen LogP contribution in [0.2, 0.25) is 0 Å². The summed E-state index contributed by atoms with van der Waals surface area (Å²) >= 11 is 4.40. The largest absolute Gasteiger partial charge is 0.473 e. The summed E-state index contributed by atoms with van der Waals surface area (Å²) in [6.07, 6.45) is 3.94. The van der Waals surface area contributed by atoms with E-state index in [1.807, 2.05) is 0 Å². The summed E-state index contributed by atoms with van der Waals surface area (Å²) in [7, 11) is 0. The fourth-order valence-corrected chi connectivity index (χ4v) is 9.57. The van der Waals surface area contributed by atoms with Gasteiger partial charge in [0.15, 0.2) is 0 Å². The Kier molecular flexibility index (Phi) is 7.93. The average Bonchev–Trinajstić information content (AvgIpc) is 3.46. The van der Waals surface area contributed by atoms with Crippen LogP contribution in [0, 0.1) is 5.92 Å². The Morgan fingerprint density at radius 3 is 1.92 bits per heavy atom. The number of benzene rings is 3. The van der Waals surface area contributed by atoms with Crippen LogP contribution < -0.4 is 0 Å². The summed E-state index contributed by atoms with van der Waals surface area (Å²) in [4.78, 5) is 20.9. The van der Waals surface area contributed by atoms with E-state index in [0.29, 0.717) is 5.25 Å².